The van der Waals surface area contributed by atoms with Crippen LogP contribution in [0.1, 0.15) is 29.5 Å². The van der Waals surface area contributed by atoms with E-state index in [1.807, 2.05) is 41.3 Å². The number of aromatic nitrogens is 2. The minimum Gasteiger partial charge on any atom is -0.356 e. The molecule has 29 heavy (non-hydrogen) atoms. The molecule has 150 valence electrons. The Morgan fingerprint density at radius 1 is 1.10 bits per heavy atom. The van der Waals surface area contributed by atoms with Gasteiger partial charge in [-0.25, -0.2) is 4.39 Å². The maximum atomic E-state index is 13.6. The second kappa shape index (κ2) is 8.47. The molecule has 3 aromatic rings. The Kier molecular flexibility index (Phi) is 5.60. The molecule has 0 bridgehead atoms. The standard InChI is InChI=1S/C23H26FN5/c1-25-22(27-17-23(10-11-23)20-8-5-9-21(24)12-20)26-13-19-14-28-29(16-19)15-18-6-3-2-4-7-18/h2-9,12,14,16H,10-11,13,15,17H2,1H3,(H2,25,26,27). The summed E-state index contributed by atoms with van der Waals surface area (Å²) in [6.07, 6.45) is 6.04. The first-order chi connectivity index (χ1) is 14.2. The van der Waals surface area contributed by atoms with E-state index < -0.39 is 0 Å². The first-order valence-electron chi connectivity index (χ1n) is 9.93. The molecule has 0 radical (unpaired) electrons. The number of nitrogens with zero attached hydrogens (tertiary/aromatic N) is 3. The van der Waals surface area contributed by atoms with Gasteiger partial charge in [0, 0.05) is 37.3 Å². The quantitative estimate of drug-likeness (QED) is 0.479. The Hall–Kier alpha value is -3.15. The smallest absolute Gasteiger partial charge is 0.191 e. The van der Waals surface area contributed by atoms with Gasteiger partial charge in [-0.3, -0.25) is 9.67 Å². The van der Waals surface area contributed by atoms with Gasteiger partial charge < -0.3 is 10.6 Å². The maximum Gasteiger partial charge on any atom is 0.191 e. The Bertz CT molecular complexity index is 976. The van der Waals surface area contributed by atoms with Gasteiger partial charge in [-0.1, -0.05) is 42.5 Å². The first kappa shape index (κ1) is 19.2. The predicted octanol–water partition coefficient (Wildman–Crippen LogP) is 3.47. The highest BCUT2D eigenvalue weighted by molar-refractivity contribution is 5.79. The van der Waals surface area contributed by atoms with Gasteiger partial charge in [0.05, 0.1) is 12.7 Å². The van der Waals surface area contributed by atoms with E-state index >= 15 is 0 Å². The lowest BCUT2D eigenvalue weighted by Crippen LogP contribution is -2.40. The summed E-state index contributed by atoms with van der Waals surface area (Å²) in [6.45, 7) is 2.13. The van der Waals surface area contributed by atoms with Gasteiger partial charge in [0.1, 0.15) is 5.82 Å². The molecule has 0 atom stereocenters. The number of hydrogen-bond acceptors (Lipinski definition) is 2. The molecule has 5 nitrogen and oxygen atoms in total. The average Bonchev–Trinajstić information content (AvgIpc) is 3.41. The van der Waals surface area contributed by atoms with E-state index in [9.17, 15) is 4.39 Å². The van der Waals surface area contributed by atoms with Crippen molar-refractivity contribution >= 4 is 5.96 Å². The van der Waals surface area contributed by atoms with Crippen LogP contribution in [-0.4, -0.2) is 29.3 Å². The first-order valence-corrected chi connectivity index (χ1v) is 9.93. The number of aliphatic imine (C=N–C) groups is 1. The molecule has 6 heteroatoms. The lowest BCUT2D eigenvalue weighted by Gasteiger charge is -2.19. The van der Waals surface area contributed by atoms with Crippen LogP contribution in [-0.2, 0) is 18.5 Å². The molecule has 1 aromatic heterocycles. The van der Waals surface area contributed by atoms with E-state index in [4.69, 9.17) is 0 Å². The zero-order valence-corrected chi connectivity index (χ0v) is 16.6. The molecule has 1 aliphatic carbocycles. The SMILES string of the molecule is CN=C(NCc1cnn(Cc2ccccc2)c1)NCC1(c2cccc(F)c2)CC1. The van der Waals surface area contributed by atoms with E-state index in [0.717, 1.165) is 43.0 Å². The summed E-state index contributed by atoms with van der Waals surface area (Å²) in [7, 11) is 1.76. The maximum absolute atomic E-state index is 13.6. The van der Waals surface area contributed by atoms with Crippen molar-refractivity contribution in [2.75, 3.05) is 13.6 Å². The van der Waals surface area contributed by atoms with Crippen LogP contribution in [0.2, 0.25) is 0 Å². The van der Waals surface area contributed by atoms with Crippen LogP contribution in [0.15, 0.2) is 72.0 Å². The second-order valence-electron chi connectivity index (χ2n) is 7.60. The fraction of sp³-hybridized carbons (Fsp3) is 0.304. The summed E-state index contributed by atoms with van der Waals surface area (Å²) >= 11 is 0. The third-order valence-corrected chi connectivity index (χ3v) is 5.44. The number of benzene rings is 2. The van der Waals surface area contributed by atoms with Crippen LogP contribution in [0.25, 0.3) is 0 Å². The zero-order valence-electron chi connectivity index (χ0n) is 16.6. The van der Waals surface area contributed by atoms with Crippen molar-refractivity contribution < 1.29 is 4.39 Å². The molecule has 0 aliphatic heterocycles. The van der Waals surface area contributed by atoms with E-state index in [-0.39, 0.29) is 11.2 Å². The van der Waals surface area contributed by atoms with E-state index in [1.165, 1.54) is 11.6 Å². The van der Waals surface area contributed by atoms with Crippen molar-refractivity contribution in [3.05, 3.63) is 89.5 Å². The van der Waals surface area contributed by atoms with Gasteiger partial charge in [-0.2, -0.15) is 5.10 Å². The Balaban J connectivity index is 1.29. The molecule has 1 heterocycles. The van der Waals surface area contributed by atoms with Crippen molar-refractivity contribution in [1.29, 1.82) is 0 Å². The number of halogens is 1. The predicted molar refractivity (Wildman–Crippen MR) is 113 cm³/mol. The molecule has 0 unspecified atom stereocenters. The monoisotopic (exact) mass is 391 g/mol. The van der Waals surface area contributed by atoms with Crippen LogP contribution in [0, 0.1) is 5.82 Å². The fourth-order valence-corrected chi connectivity index (χ4v) is 3.55. The molecular weight excluding hydrogens is 365 g/mol. The van der Waals surface area contributed by atoms with Crippen LogP contribution < -0.4 is 10.6 Å². The van der Waals surface area contributed by atoms with Gasteiger partial charge in [0.15, 0.2) is 5.96 Å². The number of nitrogens with one attached hydrogen (secondary N) is 2. The molecule has 1 aliphatic rings. The van der Waals surface area contributed by atoms with Gasteiger partial charge in [-0.15, -0.1) is 0 Å². The molecule has 0 saturated heterocycles. The normalized spacial score (nSPS) is 15.2. The van der Waals surface area contributed by atoms with Crippen molar-refractivity contribution in [2.45, 2.75) is 31.3 Å². The van der Waals surface area contributed by atoms with Crippen LogP contribution in [0.5, 0.6) is 0 Å². The number of guanidine groups is 1. The molecule has 2 aromatic carbocycles. The van der Waals surface area contributed by atoms with Crippen molar-refractivity contribution in [3.8, 4) is 0 Å². The lowest BCUT2D eigenvalue weighted by atomic mass is 9.96. The largest absolute Gasteiger partial charge is 0.356 e. The van der Waals surface area contributed by atoms with Gasteiger partial charge in [0.25, 0.3) is 0 Å². The summed E-state index contributed by atoms with van der Waals surface area (Å²) in [5.41, 5.74) is 3.39. The Morgan fingerprint density at radius 3 is 2.66 bits per heavy atom. The van der Waals surface area contributed by atoms with Crippen LogP contribution in [0.4, 0.5) is 4.39 Å². The molecule has 2 N–H and O–H groups in total. The Labute approximate surface area is 170 Å². The molecule has 1 fully saturated rings. The van der Waals surface area contributed by atoms with Crippen molar-refractivity contribution in [3.63, 3.8) is 0 Å². The number of hydrogen-bond donors (Lipinski definition) is 2. The lowest BCUT2D eigenvalue weighted by molar-refractivity contribution is 0.607. The van der Waals surface area contributed by atoms with Crippen LogP contribution in [0.3, 0.4) is 0 Å². The molecular formula is C23H26FN5. The summed E-state index contributed by atoms with van der Waals surface area (Å²) in [6, 6.07) is 17.2. The summed E-state index contributed by atoms with van der Waals surface area (Å²) in [5.74, 6) is 0.562. The zero-order chi connectivity index (χ0) is 20.1. The van der Waals surface area contributed by atoms with Gasteiger partial charge in [0.2, 0.25) is 0 Å². The average molecular weight is 391 g/mol. The fourth-order valence-electron chi connectivity index (χ4n) is 3.55. The molecule has 4 rings (SSSR count). The van der Waals surface area contributed by atoms with E-state index in [1.54, 1.807) is 19.2 Å². The minimum atomic E-state index is -0.177. The highest BCUT2D eigenvalue weighted by atomic mass is 19.1. The topological polar surface area (TPSA) is 54.2 Å². The molecule has 0 amide bonds. The van der Waals surface area contributed by atoms with Gasteiger partial charge >= 0.3 is 0 Å². The summed E-state index contributed by atoms with van der Waals surface area (Å²) < 4.78 is 15.5. The second-order valence-corrected chi connectivity index (χ2v) is 7.60. The van der Waals surface area contributed by atoms with Crippen molar-refractivity contribution in [1.82, 2.24) is 20.4 Å². The molecule has 0 spiro atoms. The molecule has 1 saturated carbocycles. The van der Waals surface area contributed by atoms with Crippen molar-refractivity contribution in [2.24, 2.45) is 4.99 Å². The van der Waals surface area contributed by atoms with Gasteiger partial charge in [-0.05, 0) is 36.1 Å². The summed E-state index contributed by atoms with van der Waals surface area (Å²) in [5, 5.41) is 11.2. The minimum absolute atomic E-state index is 0.0142. The third-order valence-electron chi connectivity index (χ3n) is 5.44. The van der Waals surface area contributed by atoms with E-state index in [0.29, 0.717) is 6.54 Å². The third kappa shape index (κ3) is 4.83. The van der Waals surface area contributed by atoms with Crippen LogP contribution >= 0.6 is 0 Å². The Morgan fingerprint density at radius 2 is 1.93 bits per heavy atom. The highest BCUT2D eigenvalue weighted by Gasteiger charge is 2.44. The van der Waals surface area contributed by atoms with E-state index in [2.05, 4.69) is 32.9 Å². The number of rotatable bonds is 7. The summed E-state index contributed by atoms with van der Waals surface area (Å²) in [4.78, 5) is 4.31. The highest BCUT2D eigenvalue weighted by Crippen LogP contribution is 2.47.